The number of amides is 1. The summed E-state index contributed by atoms with van der Waals surface area (Å²) >= 11 is 0. The maximum absolute atomic E-state index is 12.2. The molecule has 27 heavy (non-hydrogen) atoms. The minimum absolute atomic E-state index is 0.111. The Morgan fingerprint density at radius 1 is 1.07 bits per heavy atom. The van der Waals surface area contributed by atoms with Gasteiger partial charge >= 0.3 is 22.6 Å². The van der Waals surface area contributed by atoms with Crippen LogP contribution in [0.15, 0.2) is 53.4 Å². The number of hydrogen-bond acceptors (Lipinski definition) is 6. The Morgan fingerprint density at radius 2 is 1.74 bits per heavy atom. The van der Waals surface area contributed by atoms with Gasteiger partial charge in [-0.05, 0) is 43.3 Å². The SMILES string of the molecule is CCOC(=O)Nc1cccc(OS(=O)(=O)c2ccc(OC(F)(F)F)cc2)c1. The van der Waals surface area contributed by atoms with Crippen LogP contribution in [-0.4, -0.2) is 27.5 Å². The van der Waals surface area contributed by atoms with Crippen molar-refractivity contribution in [3.8, 4) is 11.5 Å². The van der Waals surface area contributed by atoms with Crippen molar-refractivity contribution in [2.75, 3.05) is 11.9 Å². The molecule has 0 aliphatic carbocycles. The Balaban J connectivity index is 2.13. The second-order valence-corrected chi connectivity index (χ2v) is 6.48. The maximum Gasteiger partial charge on any atom is 0.573 e. The number of carbonyl (C=O) groups is 1. The quantitative estimate of drug-likeness (QED) is 0.733. The molecule has 0 unspecified atom stereocenters. The minimum atomic E-state index is -4.89. The second kappa shape index (κ2) is 8.16. The standard InChI is InChI=1S/C16H14F3NO6S/c1-2-24-15(21)20-11-4-3-5-13(10-11)26-27(22,23)14-8-6-12(7-9-14)25-16(17,18)19/h3-10H,2H2,1H3,(H,20,21). The van der Waals surface area contributed by atoms with Gasteiger partial charge in [-0.25, -0.2) is 4.79 Å². The van der Waals surface area contributed by atoms with Crippen molar-refractivity contribution in [1.82, 2.24) is 0 Å². The van der Waals surface area contributed by atoms with E-state index in [0.717, 1.165) is 24.3 Å². The molecule has 0 radical (unpaired) electrons. The van der Waals surface area contributed by atoms with E-state index in [1.165, 1.54) is 24.3 Å². The number of benzene rings is 2. The van der Waals surface area contributed by atoms with E-state index in [2.05, 4.69) is 10.1 Å². The van der Waals surface area contributed by atoms with E-state index in [1.54, 1.807) is 6.92 Å². The smallest absolute Gasteiger partial charge is 0.450 e. The lowest BCUT2D eigenvalue weighted by atomic mass is 10.3. The van der Waals surface area contributed by atoms with Crippen LogP contribution in [0.5, 0.6) is 11.5 Å². The molecule has 0 aliphatic rings. The summed E-state index contributed by atoms with van der Waals surface area (Å²) in [6, 6.07) is 9.02. The third-order valence-electron chi connectivity index (χ3n) is 2.91. The highest BCUT2D eigenvalue weighted by Gasteiger charge is 2.31. The topological polar surface area (TPSA) is 90.9 Å². The third-order valence-corrected chi connectivity index (χ3v) is 4.17. The molecule has 0 spiro atoms. The average molecular weight is 405 g/mol. The highest BCUT2D eigenvalue weighted by molar-refractivity contribution is 7.87. The lowest BCUT2D eigenvalue weighted by Gasteiger charge is -2.11. The Labute approximate surface area is 152 Å². The molecule has 0 bridgehead atoms. The molecule has 1 N–H and O–H groups in total. The Morgan fingerprint density at radius 3 is 2.33 bits per heavy atom. The number of nitrogens with one attached hydrogen (secondary N) is 1. The molecule has 1 amide bonds. The summed E-state index contributed by atoms with van der Waals surface area (Å²) in [6.07, 6.45) is -5.61. The second-order valence-electron chi connectivity index (χ2n) is 4.93. The van der Waals surface area contributed by atoms with Crippen LogP contribution >= 0.6 is 0 Å². The molecule has 7 nitrogen and oxygen atoms in total. The summed E-state index contributed by atoms with van der Waals surface area (Å²) in [7, 11) is -4.31. The van der Waals surface area contributed by atoms with Gasteiger partial charge in [-0.15, -0.1) is 13.2 Å². The first kappa shape index (κ1) is 20.4. The van der Waals surface area contributed by atoms with Crippen molar-refractivity contribution in [2.45, 2.75) is 18.2 Å². The van der Waals surface area contributed by atoms with E-state index >= 15 is 0 Å². The number of rotatable bonds is 6. The predicted molar refractivity (Wildman–Crippen MR) is 88.0 cm³/mol. The van der Waals surface area contributed by atoms with Crippen LogP contribution in [0.3, 0.4) is 0 Å². The number of hydrogen-bond donors (Lipinski definition) is 1. The third kappa shape index (κ3) is 6.37. The van der Waals surface area contributed by atoms with Crippen molar-refractivity contribution < 1.29 is 40.0 Å². The minimum Gasteiger partial charge on any atom is -0.450 e. The van der Waals surface area contributed by atoms with Crippen molar-refractivity contribution in [3.05, 3.63) is 48.5 Å². The largest absolute Gasteiger partial charge is 0.573 e. The number of carbonyl (C=O) groups excluding carboxylic acids is 1. The van der Waals surface area contributed by atoms with Crippen molar-refractivity contribution in [3.63, 3.8) is 0 Å². The molecule has 2 rings (SSSR count). The lowest BCUT2D eigenvalue weighted by molar-refractivity contribution is -0.274. The average Bonchev–Trinajstić information content (AvgIpc) is 2.54. The van der Waals surface area contributed by atoms with E-state index < -0.39 is 28.3 Å². The van der Waals surface area contributed by atoms with Crippen LogP contribution in [0.25, 0.3) is 0 Å². The molecule has 2 aromatic carbocycles. The van der Waals surface area contributed by atoms with Gasteiger partial charge in [0, 0.05) is 11.8 Å². The Kier molecular flexibility index (Phi) is 6.16. The van der Waals surface area contributed by atoms with Gasteiger partial charge in [0.05, 0.1) is 6.61 Å². The van der Waals surface area contributed by atoms with Crippen LogP contribution in [-0.2, 0) is 14.9 Å². The van der Waals surface area contributed by atoms with Gasteiger partial charge in [-0.2, -0.15) is 8.42 Å². The van der Waals surface area contributed by atoms with Gasteiger partial charge < -0.3 is 13.7 Å². The first-order chi connectivity index (χ1) is 12.6. The first-order valence-electron chi connectivity index (χ1n) is 7.43. The zero-order valence-electron chi connectivity index (χ0n) is 13.8. The van der Waals surface area contributed by atoms with Crippen LogP contribution in [0.2, 0.25) is 0 Å². The summed E-state index contributed by atoms with van der Waals surface area (Å²) in [5.74, 6) is -0.679. The summed E-state index contributed by atoms with van der Waals surface area (Å²) < 4.78 is 74.2. The lowest BCUT2D eigenvalue weighted by Crippen LogP contribution is -2.17. The Bertz CT molecular complexity index is 897. The molecular weight excluding hydrogens is 391 g/mol. The molecule has 0 aromatic heterocycles. The maximum atomic E-state index is 12.2. The fraction of sp³-hybridized carbons (Fsp3) is 0.188. The van der Waals surface area contributed by atoms with Gasteiger partial charge in [0.1, 0.15) is 16.4 Å². The van der Waals surface area contributed by atoms with E-state index in [-0.39, 0.29) is 22.9 Å². The molecular formula is C16H14F3NO6S. The monoisotopic (exact) mass is 405 g/mol. The predicted octanol–water partition coefficient (Wildman–Crippen LogP) is 3.92. The van der Waals surface area contributed by atoms with Gasteiger partial charge in [0.2, 0.25) is 0 Å². The normalized spacial score (nSPS) is 11.6. The number of anilines is 1. The van der Waals surface area contributed by atoms with E-state index in [9.17, 15) is 26.4 Å². The fourth-order valence-corrected chi connectivity index (χ4v) is 2.82. The molecule has 0 saturated heterocycles. The number of ether oxygens (including phenoxy) is 2. The van der Waals surface area contributed by atoms with Crippen LogP contribution < -0.4 is 14.2 Å². The van der Waals surface area contributed by atoms with E-state index in [0.29, 0.717) is 0 Å². The molecule has 146 valence electrons. The summed E-state index contributed by atoms with van der Waals surface area (Å²) in [6.45, 7) is 1.78. The summed E-state index contributed by atoms with van der Waals surface area (Å²) in [5, 5.41) is 2.38. The van der Waals surface area contributed by atoms with Gasteiger partial charge in [-0.3, -0.25) is 5.32 Å². The van der Waals surface area contributed by atoms with Crippen molar-refractivity contribution >= 4 is 21.9 Å². The van der Waals surface area contributed by atoms with Gasteiger partial charge in [0.25, 0.3) is 0 Å². The summed E-state index contributed by atoms with van der Waals surface area (Å²) in [4.78, 5) is 11.0. The first-order valence-corrected chi connectivity index (χ1v) is 8.84. The molecule has 0 heterocycles. The van der Waals surface area contributed by atoms with Crippen LogP contribution in [0, 0.1) is 0 Å². The molecule has 11 heteroatoms. The summed E-state index contributed by atoms with van der Waals surface area (Å²) in [5.41, 5.74) is 0.232. The fourth-order valence-electron chi connectivity index (χ4n) is 1.89. The number of alkyl halides is 3. The van der Waals surface area contributed by atoms with Crippen LogP contribution in [0.4, 0.5) is 23.7 Å². The van der Waals surface area contributed by atoms with Crippen molar-refractivity contribution in [2.24, 2.45) is 0 Å². The molecule has 0 atom stereocenters. The van der Waals surface area contributed by atoms with Gasteiger partial charge in [-0.1, -0.05) is 6.07 Å². The highest BCUT2D eigenvalue weighted by atomic mass is 32.2. The molecule has 0 aliphatic heterocycles. The molecule has 0 fully saturated rings. The van der Waals surface area contributed by atoms with Gasteiger partial charge in [0.15, 0.2) is 0 Å². The molecule has 0 saturated carbocycles. The number of halogens is 3. The zero-order chi connectivity index (χ0) is 20.1. The van der Waals surface area contributed by atoms with Crippen molar-refractivity contribution in [1.29, 1.82) is 0 Å². The van der Waals surface area contributed by atoms with E-state index in [4.69, 9.17) is 8.92 Å². The zero-order valence-corrected chi connectivity index (χ0v) is 14.6. The van der Waals surface area contributed by atoms with Crippen LogP contribution in [0.1, 0.15) is 6.92 Å². The molecule has 2 aromatic rings. The van der Waals surface area contributed by atoms with E-state index in [1.807, 2.05) is 0 Å². The highest BCUT2D eigenvalue weighted by Crippen LogP contribution is 2.26. The Hall–Kier alpha value is -2.95.